The largest absolute Gasteiger partial charge is 0.384 e. The molecule has 0 unspecified atom stereocenters. The molecule has 2 aromatic carbocycles. The topological polar surface area (TPSA) is 123 Å². The second-order valence-corrected chi connectivity index (χ2v) is 6.82. The number of nitrogen functional groups attached to an aromatic ring is 1. The van der Waals surface area contributed by atoms with E-state index in [0.717, 1.165) is 16.2 Å². The smallest absolute Gasteiger partial charge is 0.262 e. The number of imide groups is 1. The summed E-state index contributed by atoms with van der Waals surface area (Å²) in [5.74, 6) is -1.76. The number of nitrogens with zero attached hydrogens (tertiary/aromatic N) is 1. The minimum absolute atomic E-state index is 0.0442. The molecule has 3 aromatic rings. The maximum Gasteiger partial charge on any atom is 0.262 e. The molecule has 1 aromatic heterocycles. The van der Waals surface area contributed by atoms with Gasteiger partial charge in [0.05, 0.1) is 16.8 Å². The summed E-state index contributed by atoms with van der Waals surface area (Å²) in [5, 5.41) is 4.96. The van der Waals surface area contributed by atoms with Gasteiger partial charge in [0.15, 0.2) is 0 Å². The first kappa shape index (κ1) is 19.1. The van der Waals surface area contributed by atoms with Gasteiger partial charge in [-0.3, -0.25) is 29.1 Å². The van der Waals surface area contributed by atoms with Gasteiger partial charge in [0, 0.05) is 18.2 Å². The van der Waals surface area contributed by atoms with Crippen LogP contribution in [0.1, 0.15) is 36.6 Å². The van der Waals surface area contributed by atoms with E-state index in [2.05, 4.69) is 10.6 Å². The molecule has 0 bridgehead atoms. The summed E-state index contributed by atoms with van der Waals surface area (Å²) in [6.07, 6.45) is 0.687. The van der Waals surface area contributed by atoms with Crippen molar-refractivity contribution in [3.05, 3.63) is 93.3 Å². The normalized spacial score (nSPS) is 12.4. The zero-order valence-corrected chi connectivity index (χ0v) is 15.8. The Morgan fingerprint density at radius 1 is 0.967 bits per heavy atom. The molecule has 30 heavy (non-hydrogen) atoms. The lowest BCUT2D eigenvalue weighted by Gasteiger charge is -2.13. The van der Waals surface area contributed by atoms with Crippen molar-refractivity contribution >= 4 is 23.5 Å². The van der Waals surface area contributed by atoms with Gasteiger partial charge in [0.25, 0.3) is 23.3 Å². The van der Waals surface area contributed by atoms with Gasteiger partial charge in [0.2, 0.25) is 0 Å². The van der Waals surface area contributed by atoms with Crippen molar-refractivity contribution < 1.29 is 14.4 Å². The lowest BCUT2D eigenvalue weighted by atomic mass is 10.1. The molecule has 1 aliphatic heterocycles. The minimum atomic E-state index is -0.656. The summed E-state index contributed by atoms with van der Waals surface area (Å²) in [5.41, 5.74) is 7.15. The molecule has 8 heteroatoms. The molecular formula is C22H18N4O4. The molecule has 3 amide bonds. The molecule has 0 saturated heterocycles. The van der Waals surface area contributed by atoms with E-state index in [1.54, 1.807) is 18.2 Å². The Hall–Kier alpha value is -4.20. The number of rotatable bonds is 5. The van der Waals surface area contributed by atoms with Gasteiger partial charge in [0.1, 0.15) is 5.82 Å². The number of carbonyl (C=O) groups excluding carboxylic acids is 3. The molecule has 4 rings (SSSR count). The first-order valence-electron chi connectivity index (χ1n) is 9.29. The highest BCUT2D eigenvalue weighted by atomic mass is 16.2. The third kappa shape index (κ3) is 3.46. The maximum absolute atomic E-state index is 12.6. The van der Waals surface area contributed by atoms with Gasteiger partial charge < -0.3 is 11.1 Å². The van der Waals surface area contributed by atoms with E-state index in [-0.39, 0.29) is 22.9 Å². The third-order valence-corrected chi connectivity index (χ3v) is 4.86. The fourth-order valence-corrected chi connectivity index (χ4v) is 3.40. The summed E-state index contributed by atoms with van der Waals surface area (Å²) in [6, 6.07) is 17.2. The predicted octanol–water partition coefficient (Wildman–Crippen LogP) is 1.28. The highest BCUT2D eigenvalue weighted by Crippen LogP contribution is 2.23. The Bertz CT molecular complexity index is 1230. The van der Waals surface area contributed by atoms with Gasteiger partial charge in [-0.2, -0.15) is 0 Å². The molecule has 0 fully saturated rings. The van der Waals surface area contributed by atoms with Crippen LogP contribution in [0.2, 0.25) is 0 Å². The molecule has 2 heterocycles. The van der Waals surface area contributed by atoms with Crippen molar-refractivity contribution in [2.45, 2.75) is 6.42 Å². The van der Waals surface area contributed by atoms with Crippen LogP contribution in [0.5, 0.6) is 0 Å². The van der Waals surface area contributed by atoms with E-state index in [0.29, 0.717) is 24.2 Å². The lowest BCUT2D eigenvalue weighted by Crippen LogP contribution is -2.27. The minimum Gasteiger partial charge on any atom is -0.384 e. The second kappa shape index (κ2) is 7.67. The van der Waals surface area contributed by atoms with Crippen LogP contribution in [0, 0.1) is 0 Å². The Labute approximate surface area is 171 Å². The predicted molar refractivity (Wildman–Crippen MR) is 111 cm³/mol. The number of fused-ring (bicyclic) bond motifs is 1. The Morgan fingerprint density at radius 2 is 1.73 bits per heavy atom. The van der Waals surface area contributed by atoms with E-state index >= 15 is 0 Å². The SMILES string of the molecule is Nc1c2c(cc(=O)n1-c1cccc(C(=O)NCCc3ccccc3)c1)C(=O)NC2=O. The molecule has 0 spiro atoms. The van der Waals surface area contributed by atoms with Gasteiger partial charge in [-0.05, 0) is 30.2 Å². The van der Waals surface area contributed by atoms with Gasteiger partial charge in [-0.15, -0.1) is 0 Å². The maximum atomic E-state index is 12.6. The lowest BCUT2D eigenvalue weighted by molar-refractivity contribution is 0.0878. The summed E-state index contributed by atoms with van der Waals surface area (Å²) >= 11 is 0. The number of benzene rings is 2. The number of hydrogen-bond donors (Lipinski definition) is 3. The molecular weight excluding hydrogens is 384 g/mol. The molecule has 8 nitrogen and oxygen atoms in total. The molecule has 150 valence electrons. The third-order valence-electron chi connectivity index (χ3n) is 4.86. The van der Waals surface area contributed by atoms with Crippen LogP contribution in [0.15, 0.2) is 65.5 Å². The summed E-state index contributed by atoms with van der Waals surface area (Å²) in [6.45, 7) is 0.455. The quantitative estimate of drug-likeness (QED) is 0.555. The molecule has 0 atom stereocenters. The van der Waals surface area contributed by atoms with Crippen molar-refractivity contribution in [3.8, 4) is 5.69 Å². The van der Waals surface area contributed by atoms with E-state index in [9.17, 15) is 19.2 Å². The monoisotopic (exact) mass is 402 g/mol. The molecule has 1 aliphatic rings. The van der Waals surface area contributed by atoms with Crippen molar-refractivity contribution in [2.75, 3.05) is 12.3 Å². The number of hydrogen-bond acceptors (Lipinski definition) is 5. The van der Waals surface area contributed by atoms with Crippen molar-refractivity contribution in [1.29, 1.82) is 0 Å². The number of aromatic nitrogens is 1. The molecule has 0 aliphatic carbocycles. The Kier molecular flexibility index (Phi) is 4.89. The zero-order valence-electron chi connectivity index (χ0n) is 15.8. The highest BCUT2D eigenvalue weighted by Gasteiger charge is 2.31. The molecule has 0 saturated carbocycles. The van der Waals surface area contributed by atoms with Crippen LogP contribution >= 0.6 is 0 Å². The molecule has 0 radical (unpaired) electrons. The number of carbonyl (C=O) groups is 3. The fraction of sp³-hybridized carbons (Fsp3) is 0.0909. The van der Waals surface area contributed by atoms with Crippen LogP contribution in [0.4, 0.5) is 5.82 Å². The van der Waals surface area contributed by atoms with Crippen LogP contribution in [-0.4, -0.2) is 28.8 Å². The second-order valence-electron chi connectivity index (χ2n) is 6.82. The summed E-state index contributed by atoms with van der Waals surface area (Å²) in [7, 11) is 0. The first-order chi connectivity index (χ1) is 14.5. The fourth-order valence-electron chi connectivity index (χ4n) is 3.40. The van der Waals surface area contributed by atoms with Crippen molar-refractivity contribution in [1.82, 2.24) is 15.2 Å². The number of pyridine rings is 1. The van der Waals surface area contributed by atoms with E-state index in [1.165, 1.54) is 6.07 Å². The van der Waals surface area contributed by atoms with E-state index in [1.807, 2.05) is 30.3 Å². The number of nitrogens with two attached hydrogens (primary N) is 1. The Balaban J connectivity index is 1.59. The van der Waals surface area contributed by atoms with Crippen LogP contribution in [-0.2, 0) is 6.42 Å². The molecule has 4 N–H and O–H groups in total. The van der Waals surface area contributed by atoms with Gasteiger partial charge in [-0.25, -0.2) is 0 Å². The van der Waals surface area contributed by atoms with E-state index in [4.69, 9.17) is 5.73 Å². The van der Waals surface area contributed by atoms with Gasteiger partial charge >= 0.3 is 0 Å². The van der Waals surface area contributed by atoms with Crippen LogP contribution in [0.25, 0.3) is 5.69 Å². The Morgan fingerprint density at radius 3 is 2.50 bits per heavy atom. The highest BCUT2D eigenvalue weighted by molar-refractivity contribution is 6.23. The number of amides is 3. The average Bonchev–Trinajstić information content (AvgIpc) is 3.02. The van der Waals surface area contributed by atoms with Crippen LogP contribution in [0.3, 0.4) is 0 Å². The summed E-state index contributed by atoms with van der Waals surface area (Å²) in [4.78, 5) is 48.9. The van der Waals surface area contributed by atoms with E-state index < -0.39 is 17.4 Å². The zero-order chi connectivity index (χ0) is 21.3. The average molecular weight is 402 g/mol. The van der Waals surface area contributed by atoms with Crippen LogP contribution < -0.4 is 21.9 Å². The number of anilines is 1. The summed E-state index contributed by atoms with van der Waals surface area (Å²) < 4.78 is 1.11. The first-order valence-corrected chi connectivity index (χ1v) is 9.29. The van der Waals surface area contributed by atoms with Crippen molar-refractivity contribution in [2.24, 2.45) is 0 Å². The number of nitrogens with one attached hydrogen (secondary N) is 2. The van der Waals surface area contributed by atoms with Crippen molar-refractivity contribution in [3.63, 3.8) is 0 Å². The van der Waals surface area contributed by atoms with Gasteiger partial charge in [-0.1, -0.05) is 36.4 Å². The standard InChI is InChI=1S/C22H18N4O4/c23-19-18-16(21(29)25-22(18)30)12-17(27)26(19)15-8-4-7-14(11-15)20(28)24-10-9-13-5-2-1-3-6-13/h1-8,11-12H,9-10,23H2,(H,24,28)(H,25,29,30).